The molecule has 0 atom stereocenters. The molecule has 0 fully saturated rings. The molecule has 4 aromatic carbocycles. The minimum Gasteiger partial charge on any atom is -1.00 e. The summed E-state index contributed by atoms with van der Waals surface area (Å²) in [6, 6.07) is 30.8. The minimum absolute atomic E-state index is 0. The molecule has 14 heteroatoms. The summed E-state index contributed by atoms with van der Waals surface area (Å²) in [4.78, 5) is -0.141. The standard InChI is InChI=1S/C18H20N3S.C17H17N3O3S2.2BrH/c1-14-8-10-16(11-9-14)20-19-12-5-13-21-15(2)22-18-7-4-3-6-17(18)21;1-13-20(16-5-2-3-6-17(16)24-13)12-4-11-18-19-14-7-9-15(10-8-14)25(21,22)23;;/h3-4,6-12,20H,5,13H2,1-2H3;2-3,5-11,19H,4,12H2,1H3;2*1H/q+1;;;/p-1. The van der Waals surface area contributed by atoms with E-state index in [1.165, 1.54) is 48.1 Å². The van der Waals surface area contributed by atoms with E-state index >= 15 is 0 Å². The van der Waals surface area contributed by atoms with Crippen molar-refractivity contribution in [2.45, 2.75) is 51.6 Å². The third-order valence-corrected chi connectivity index (χ3v) is 10.4. The Hall–Kier alpha value is -3.53. The van der Waals surface area contributed by atoms with E-state index in [0.29, 0.717) is 5.69 Å². The van der Waals surface area contributed by atoms with Crippen molar-refractivity contribution in [1.29, 1.82) is 0 Å². The molecule has 0 bridgehead atoms. The summed E-state index contributed by atoms with van der Waals surface area (Å²) in [6.07, 6.45) is 5.40. The largest absolute Gasteiger partial charge is 1.00 e. The summed E-state index contributed by atoms with van der Waals surface area (Å²) in [5.74, 6) is 0. The molecule has 0 aliphatic carbocycles. The summed E-state index contributed by atoms with van der Waals surface area (Å²) in [5.41, 5.74) is 11.4. The molecule has 6 aromatic rings. The summed E-state index contributed by atoms with van der Waals surface area (Å²) in [5, 5.41) is 11.0. The van der Waals surface area contributed by atoms with Gasteiger partial charge in [-0.15, -0.1) is 0 Å². The Morgan fingerprint density at radius 1 is 0.653 bits per heavy atom. The molecule has 3 N–H and O–H groups in total. The number of hydrogen-bond donors (Lipinski definition) is 3. The van der Waals surface area contributed by atoms with Crippen LogP contribution in [0.15, 0.2) is 112 Å². The number of nitrogens with one attached hydrogen (secondary N) is 2. The molecule has 0 aliphatic heterocycles. The number of aryl methyl sites for hydroxylation is 5. The van der Waals surface area contributed by atoms with E-state index in [4.69, 9.17) is 4.55 Å². The number of para-hydroxylation sites is 2. The van der Waals surface area contributed by atoms with Crippen LogP contribution in [0.25, 0.3) is 20.4 Å². The fourth-order valence-corrected chi connectivity index (χ4v) is 7.50. The van der Waals surface area contributed by atoms with Gasteiger partial charge in [0.15, 0.2) is 13.1 Å². The van der Waals surface area contributed by atoms with Gasteiger partial charge in [0.2, 0.25) is 21.0 Å². The van der Waals surface area contributed by atoms with Gasteiger partial charge < -0.3 is 34.0 Å². The maximum Gasteiger partial charge on any atom is 0.294 e. The smallest absolute Gasteiger partial charge is 0.294 e. The molecule has 0 aliphatic rings. The lowest BCUT2D eigenvalue weighted by molar-refractivity contribution is -0.671. The average molecular weight is 847 g/mol. The van der Waals surface area contributed by atoms with Gasteiger partial charge in [0, 0.05) is 51.3 Å². The summed E-state index contributed by atoms with van der Waals surface area (Å²) >= 11 is 3.62. The van der Waals surface area contributed by atoms with Crippen LogP contribution in [-0.2, 0) is 23.2 Å². The van der Waals surface area contributed by atoms with Gasteiger partial charge >= 0.3 is 0 Å². The summed E-state index contributed by atoms with van der Waals surface area (Å²) < 4.78 is 38.1. The molecule has 0 amide bonds. The molecule has 6 rings (SSSR count). The van der Waals surface area contributed by atoms with Gasteiger partial charge in [-0.2, -0.15) is 27.8 Å². The Morgan fingerprint density at radius 3 is 1.49 bits per heavy atom. The molecular weight excluding hydrogens is 808 g/mol. The number of thiazole rings is 2. The SMILES string of the molecule is Cc1ccc(NN=CCC[n+]2c(C)sc3ccccc32)cc1.Cc1sc2ccccc2[n+]1CCC=NNc1ccc(S(=O)(=O)O)cc1.[Br-].[Br-]. The first-order valence-electron chi connectivity index (χ1n) is 15.1. The van der Waals surface area contributed by atoms with Crippen molar-refractivity contribution in [2.75, 3.05) is 10.9 Å². The molecule has 2 heterocycles. The molecular formula is C35H38Br2N6O3S3. The Kier molecular flexibility index (Phi) is 15.5. The van der Waals surface area contributed by atoms with Crippen LogP contribution in [0, 0.1) is 20.8 Å². The fraction of sp³-hybridized carbons (Fsp3) is 0.200. The Labute approximate surface area is 316 Å². The quantitative estimate of drug-likeness (QED) is 0.0795. The van der Waals surface area contributed by atoms with E-state index in [2.05, 4.69) is 99.5 Å². The molecule has 0 spiro atoms. The second-order valence-corrected chi connectivity index (χ2v) is 14.7. The lowest BCUT2D eigenvalue weighted by atomic mass is 10.2. The lowest BCUT2D eigenvalue weighted by Gasteiger charge is -2.01. The number of hydrazone groups is 2. The third-order valence-electron chi connectivity index (χ3n) is 7.32. The normalized spacial score (nSPS) is 11.3. The van der Waals surface area contributed by atoms with Crippen molar-refractivity contribution in [3.05, 3.63) is 113 Å². The van der Waals surface area contributed by atoms with E-state index < -0.39 is 10.1 Å². The van der Waals surface area contributed by atoms with Gasteiger partial charge in [-0.25, -0.2) is 0 Å². The van der Waals surface area contributed by atoms with Gasteiger partial charge in [-0.05, 0) is 55.5 Å². The third kappa shape index (κ3) is 11.2. The van der Waals surface area contributed by atoms with Crippen LogP contribution in [0.5, 0.6) is 0 Å². The van der Waals surface area contributed by atoms with Crippen LogP contribution in [0.4, 0.5) is 11.4 Å². The predicted molar refractivity (Wildman–Crippen MR) is 194 cm³/mol. The molecule has 258 valence electrons. The van der Waals surface area contributed by atoms with Gasteiger partial charge in [0.1, 0.15) is 9.40 Å². The summed E-state index contributed by atoms with van der Waals surface area (Å²) in [7, 11) is -4.16. The monoisotopic (exact) mass is 844 g/mol. The zero-order chi connectivity index (χ0) is 33.2. The fourth-order valence-electron chi connectivity index (χ4n) is 4.93. The van der Waals surface area contributed by atoms with E-state index in [1.54, 1.807) is 29.7 Å². The Morgan fingerprint density at radius 2 is 1.06 bits per heavy atom. The molecule has 0 saturated carbocycles. The predicted octanol–water partition coefficient (Wildman–Crippen LogP) is 1.53. The highest BCUT2D eigenvalue weighted by Gasteiger charge is 2.16. The van der Waals surface area contributed by atoms with Crippen molar-refractivity contribution < 1.29 is 56.1 Å². The summed E-state index contributed by atoms with van der Waals surface area (Å²) in [6.45, 7) is 8.15. The molecule has 49 heavy (non-hydrogen) atoms. The highest BCUT2D eigenvalue weighted by atomic mass is 79.9. The van der Waals surface area contributed by atoms with E-state index in [-0.39, 0.29) is 38.9 Å². The lowest BCUT2D eigenvalue weighted by Crippen LogP contribution is -3.00. The number of anilines is 2. The number of rotatable bonds is 11. The molecule has 0 radical (unpaired) electrons. The number of fused-ring (bicyclic) bond motifs is 2. The molecule has 2 aromatic heterocycles. The van der Waals surface area contributed by atoms with Crippen LogP contribution in [0.3, 0.4) is 0 Å². The number of nitrogens with zero attached hydrogens (tertiary/aromatic N) is 4. The van der Waals surface area contributed by atoms with Crippen LogP contribution in [0.1, 0.15) is 28.4 Å². The van der Waals surface area contributed by atoms with Crippen molar-refractivity contribution in [3.63, 3.8) is 0 Å². The Balaban J connectivity index is 0.000000257. The second-order valence-electron chi connectivity index (χ2n) is 10.8. The first-order valence-corrected chi connectivity index (χ1v) is 18.2. The maximum absolute atomic E-state index is 11.0. The number of hydrogen-bond acceptors (Lipinski definition) is 8. The van der Waals surface area contributed by atoms with Crippen LogP contribution in [-0.4, -0.2) is 25.4 Å². The average Bonchev–Trinajstić information content (AvgIpc) is 3.56. The maximum atomic E-state index is 11.0. The first-order chi connectivity index (χ1) is 22.7. The second kappa shape index (κ2) is 19.0. The van der Waals surface area contributed by atoms with Crippen molar-refractivity contribution in [3.8, 4) is 0 Å². The van der Waals surface area contributed by atoms with Crippen LogP contribution in [0.2, 0.25) is 0 Å². The number of halogens is 2. The molecule has 0 saturated heterocycles. The first kappa shape index (κ1) is 39.9. The van der Waals surface area contributed by atoms with Crippen molar-refractivity contribution in [2.24, 2.45) is 10.2 Å². The van der Waals surface area contributed by atoms with Gasteiger partial charge in [0.25, 0.3) is 10.1 Å². The zero-order valence-corrected chi connectivity index (χ0v) is 32.9. The highest BCUT2D eigenvalue weighted by Crippen LogP contribution is 2.20. The van der Waals surface area contributed by atoms with E-state index in [1.807, 2.05) is 41.8 Å². The van der Waals surface area contributed by atoms with Gasteiger partial charge in [-0.3, -0.25) is 15.4 Å². The molecule has 0 unspecified atom stereocenters. The Bertz CT molecular complexity index is 2120. The number of aromatic nitrogens is 2. The van der Waals surface area contributed by atoms with Crippen molar-refractivity contribution >= 4 is 77.0 Å². The zero-order valence-electron chi connectivity index (χ0n) is 27.3. The van der Waals surface area contributed by atoms with Crippen molar-refractivity contribution in [1.82, 2.24) is 0 Å². The van der Waals surface area contributed by atoms with Crippen LogP contribution < -0.4 is 53.9 Å². The highest BCUT2D eigenvalue weighted by molar-refractivity contribution is 7.85. The van der Waals surface area contributed by atoms with E-state index in [9.17, 15) is 8.42 Å². The van der Waals surface area contributed by atoms with Gasteiger partial charge in [-0.1, -0.05) is 64.6 Å². The van der Waals surface area contributed by atoms with Gasteiger partial charge in [0.05, 0.1) is 16.3 Å². The van der Waals surface area contributed by atoms with Crippen LogP contribution >= 0.6 is 22.7 Å². The minimum atomic E-state index is -4.16. The topological polar surface area (TPSA) is 111 Å². The van der Waals surface area contributed by atoms with E-state index in [0.717, 1.165) is 31.6 Å². The molecule has 9 nitrogen and oxygen atoms in total. The number of benzene rings is 4.